The van der Waals surface area contributed by atoms with Crippen LogP contribution in [0.1, 0.15) is 120 Å². The highest BCUT2D eigenvalue weighted by Crippen LogP contribution is 2.69. The summed E-state index contributed by atoms with van der Waals surface area (Å²) in [6.45, 7) is 6.30. The molecule has 11 rings (SSSR count). The minimum atomic E-state index is -2.36. The molecule has 0 aromatic heterocycles. The lowest BCUT2D eigenvalue weighted by Gasteiger charge is -2.67. The van der Waals surface area contributed by atoms with Gasteiger partial charge in [-0.1, -0.05) is 75.6 Å². The molecule has 4 saturated carbocycles. The number of nitrogens with one attached hydrogen (secondary N) is 1. The molecule has 74 heavy (non-hydrogen) atoms. The molecule has 0 unspecified atom stereocenters. The Balaban J connectivity index is 0.959. The van der Waals surface area contributed by atoms with Crippen LogP contribution in [0.3, 0.4) is 0 Å². The topological polar surface area (TPSA) is 225 Å². The number of phenolic OH excluding ortho intramolecular Hbond substituents is 1. The molecular weight excluding hydrogens is 943 g/mol. The number of hydrogen-bond acceptors (Lipinski definition) is 14. The number of allylic oxidation sites excluding steroid dienone is 1. The molecular formula is C60H81NO13. The summed E-state index contributed by atoms with van der Waals surface area (Å²) in [7, 11) is 1.42. The van der Waals surface area contributed by atoms with Gasteiger partial charge in [0.2, 0.25) is 5.79 Å². The first-order valence-corrected chi connectivity index (χ1v) is 27.9. The molecule has 5 fully saturated rings. The Morgan fingerprint density at radius 2 is 1.77 bits per heavy atom. The summed E-state index contributed by atoms with van der Waals surface area (Å²) in [4.78, 5) is 29.8. The van der Waals surface area contributed by atoms with Crippen molar-refractivity contribution >= 4 is 18.0 Å². The number of aryl methyl sites for hydroxylation is 1. The molecule has 7 bridgehead atoms. The summed E-state index contributed by atoms with van der Waals surface area (Å²) in [5.41, 5.74) is 3.30. The van der Waals surface area contributed by atoms with E-state index in [1.165, 1.54) is 38.5 Å². The summed E-state index contributed by atoms with van der Waals surface area (Å²) < 4.78 is 24.3. The molecule has 0 amide bonds. The molecule has 14 heteroatoms. The van der Waals surface area contributed by atoms with E-state index in [0.717, 1.165) is 48.8 Å². The first-order chi connectivity index (χ1) is 35.6. The van der Waals surface area contributed by atoms with Crippen LogP contribution in [0.5, 0.6) is 11.5 Å². The summed E-state index contributed by atoms with van der Waals surface area (Å²) in [5, 5.41) is 81.7. The maximum absolute atomic E-state index is 15.1. The molecule has 2 aliphatic heterocycles. The van der Waals surface area contributed by atoms with Crippen LogP contribution in [0, 0.1) is 64.6 Å². The Bertz CT molecular complexity index is 2450. The molecule has 8 N–H and O–H groups in total. The van der Waals surface area contributed by atoms with Crippen molar-refractivity contribution in [1.29, 1.82) is 0 Å². The van der Waals surface area contributed by atoms with Crippen molar-refractivity contribution in [3.05, 3.63) is 88.5 Å². The minimum Gasteiger partial charge on any atom is -0.504 e. The predicted octanol–water partition coefficient (Wildman–Crippen LogP) is 6.30. The first kappa shape index (κ1) is 53.3. The zero-order chi connectivity index (χ0) is 52.2. The van der Waals surface area contributed by atoms with Crippen molar-refractivity contribution in [2.24, 2.45) is 64.6 Å². The van der Waals surface area contributed by atoms with Crippen LogP contribution in [-0.2, 0) is 36.6 Å². The third-order valence-electron chi connectivity index (χ3n) is 19.9. The number of aromatic hydroxyl groups is 1. The van der Waals surface area contributed by atoms with E-state index in [9.17, 15) is 40.5 Å². The fourth-order valence-corrected chi connectivity index (χ4v) is 16.5. The monoisotopic (exact) mass is 1020 g/mol. The van der Waals surface area contributed by atoms with Gasteiger partial charge in [-0.15, -0.1) is 0 Å². The lowest BCUT2D eigenvalue weighted by molar-refractivity contribution is -0.333. The average Bonchev–Trinajstić information content (AvgIpc) is 3.41. The van der Waals surface area contributed by atoms with E-state index >= 15 is 4.79 Å². The summed E-state index contributed by atoms with van der Waals surface area (Å²) >= 11 is 0. The SMILES string of the molecule is COc1cc(/C=C(\C[C@H]2c3cc(CCO)ccc3CC[C@H]2CO)C(=O)O[C@@H]2[C@H](OC(=O)CC[C@@H]3C[C@@H](C)[C@@H]4CC[C@H]5[C@H](O)[C@@H]6C=C[C@]35[C@H]4C[C@@H]3CCC[C@@H](C)[C@@H]36)[C@@H](O)[C@H]3O[C@]2(O)C=C[C@H]3NC[C@H](C)O)ccc1O. The second-order valence-corrected chi connectivity index (χ2v) is 24.0. The van der Waals surface area contributed by atoms with Gasteiger partial charge >= 0.3 is 11.9 Å². The van der Waals surface area contributed by atoms with E-state index in [2.05, 4.69) is 31.3 Å². The van der Waals surface area contributed by atoms with Crippen molar-refractivity contribution in [3.63, 3.8) is 0 Å². The largest absolute Gasteiger partial charge is 0.504 e. The van der Waals surface area contributed by atoms with Crippen molar-refractivity contribution in [1.82, 2.24) is 5.32 Å². The number of aliphatic hydroxyl groups is 6. The Labute approximate surface area is 436 Å². The van der Waals surface area contributed by atoms with Gasteiger partial charge in [-0.2, -0.15) is 0 Å². The molecule has 1 spiro atoms. The zero-order valence-electron chi connectivity index (χ0n) is 43.6. The summed E-state index contributed by atoms with van der Waals surface area (Å²) in [5.74, 6) is -1.04. The lowest BCUT2D eigenvalue weighted by Crippen LogP contribution is -2.71. The second kappa shape index (κ2) is 21.7. The average molecular weight is 1020 g/mol. The van der Waals surface area contributed by atoms with E-state index in [0.29, 0.717) is 60.3 Å². The fraction of sp³-hybridized carbons (Fsp3) is 0.667. The Hall–Kier alpha value is -4.12. The maximum atomic E-state index is 15.1. The minimum absolute atomic E-state index is 0.00280. The molecule has 14 nitrogen and oxygen atoms in total. The number of carbonyl (C=O) groups excluding carboxylic acids is 2. The molecule has 1 saturated heterocycles. The van der Waals surface area contributed by atoms with E-state index in [-0.39, 0.29) is 84.7 Å². The number of hydrogen-bond donors (Lipinski definition) is 8. The van der Waals surface area contributed by atoms with Gasteiger partial charge in [0.15, 0.2) is 23.7 Å². The fourth-order valence-electron chi connectivity index (χ4n) is 16.5. The van der Waals surface area contributed by atoms with Gasteiger partial charge in [0.25, 0.3) is 0 Å². The summed E-state index contributed by atoms with van der Waals surface area (Å²) in [6.07, 6.45) is 12.3. The standard InChI is InChI=1S/C60H81NO13/c1-32-6-5-7-38-29-47-42-14-15-46-53(67)43(52(32)38)18-21-59(46,47)41(24-33(42)2)13-17-51(66)72-56-54(68)55-48(61-30-34(3)64)19-22-60(70,74-55)57(56)73-58(69)40(25-36-9-16-49(65)50(27-36)71-4)28-45-39(31-63)12-11-37-10-8-35(20-23-62)26-44(37)45/h8-10,16,18-19,21-22,25-27,32-34,38-39,41-43,45-48,52-57,61-65,67-68,70H,5-7,11-15,17,20,23-24,28-31H2,1-4H3/b40-25+/t32-,33-,34+,38+,39+,41-,42+,43-,45-,46+,47+,48-,52+,53-,54+,55+,56-,57-,59+,60-/m1/s1. The number of methoxy groups -OCH3 is 1. The number of rotatable bonds is 16. The van der Waals surface area contributed by atoms with Crippen LogP contribution in [0.2, 0.25) is 0 Å². The molecule has 0 radical (unpaired) electrons. The van der Waals surface area contributed by atoms with Crippen molar-refractivity contribution in [2.45, 2.75) is 159 Å². The van der Waals surface area contributed by atoms with Crippen LogP contribution in [-0.4, -0.2) is 123 Å². The lowest BCUT2D eigenvalue weighted by atomic mass is 9.38. The van der Waals surface area contributed by atoms with Gasteiger partial charge in [0.05, 0.1) is 25.4 Å². The summed E-state index contributed by atoms with van der Waals surface area (Å²) in [6, 6.07) is 9.96. The van der Waals surface area contributed by atoms with Crippen LogP contribution in [0.15, 0.2) is 66.3 Å². The number of phenols is 1. The van der Waals surface area contributed by atoms with Gasteiger partial charge in [-0.05, 0) is 176 Å². The highest BCUT2D eigenvalue weighted by atomic mass is 16.7. The molecule has 7 aliphatic carbocycles. The third-order valence-corrected chi connectivity index (χ3v) is 19.9. The van der Waals surface area contributed by atoms with E-state index in [4.69, 9.17) is 18.9 Å². The Kier molecular flexibility index (Phi) is 15.6. The zero-order valence-corrected chi connectivity index (χ0v) is 43.6. The van der Waals surface area contributed by atoms with Gasteiger partial charge in [-0.3, -0.25) is 4.79 Å². The number of ether oxygens (including phenoxy) is 4. The number of fused-ring (bicyclic) bond motifs is 3. The number of esters is 2. The van der Waals surface area contributed by atoms with Crippen molar-refractivity contribution in [3.8, 4) is 11.5 Å². The maximum Gasteiger partial charge on any atom is 0.334 e. The Morgan fingerprint density at radius 3 is 2.54 bits per heavy atom. The molecule has 2 aromatic carbocycles. The Morgan fingerprint density at radius 1 is 0.946 bits per heavy atom. The second-order valence-electron chi connectivity index (χ2n) is 24.0. The molecule has 404 valence electrons. The van der Waals surface area contributed by atoms with Gasteiger partial charge in [-0.25, -0.2) is 4.79 Å². The van der Waals surface area contributed by atoms with Crippen LogP contribution >= 0.6 is 0 Å². The van der Waals surface area contributed by atoms with Crippen LogP contribution < -0.4 is 10.1 Å². The molecule has 2 aromatic rings. The van der Waals surface area contributed by atoms with E-state index in [1.54, 1.807) is 31.2 Å². The van der Waals surface area contributed by atoms with Gasteiger partial charge < -0.3 is 60.0 Å². The highest BCUT2D eigenvalue weighted by molar-refractivity contribution is 5.94. The first-order valence-electron chi connectivity index (χ1n) is 27.9. The van der Waals surface area contributed by atoms with E-state index in [1.807, 2.05) is 18.2 Å². The highest BCUT2D eigenvalue weighted by Gasteiger charge is 2.65. The van der Waals surface area contributed by atoms with E-state index < -0.39 is 60.4 Å². The molecule has 20 atom stereocenters. The predicted molar refractivity (Wildman–Crippen MR) is 276 cm³/mol. The van der Waals surface area contributed by atoms with Gasteiger partial charge in [0, 0.05) is 37.7 Å². The van der Waals surface area contributed by atoms with Gasteiger partial charge in [0.1, 0.15) is 12.2 Å². The number of aliphatic hydroxyl groups excluding tert-OH is 5. The smallest absolute Gasteiger partial charge is 0.334 e. The molecule has 2 heterocycles. The number of benzene rings is 2. The van der Waals surface area contributed by atoms with Crippen LogP contribution in [0.4, 0.5) is 0 Å². The third kappa shape index (κ3) is 9.82. The number of carbonyl (C=O) groups is 2. The van der Waals surface area contributed by atoms with Crippen LogP contribution in [0.25, 0.3) is 6.08 Å². The normalized spacial score (nSPS) is 40.2. The van der Waals surface area contributed by atoms with Crippen molar-refractivity contribution in [2.75, 3.05) is 26.9 Å². The molecule has 9 aliphatic rings. The van der Waals surface area contributed by atoms with Crippen molar-refractivity contribution < 1.29 is 64.3 Å². The quantitative estimate of drug-likeness (QED) is 0.0526.